The number of benzene rings is 2. The van der Waals surface area contributed by atoms with Crippen LogP contribution in [-0.2, 0) is 9.09 Å². The first-order valence-electron chi connectivity index (χ1n) is 10.7. The summed E-state index contributed by atoms with van der Waals surface area (Å²) < 4.78 is 25.1. The molecule has 1 aliphatic carbocycles. The van der Waals surface area contributed by atoms with Gasteiger partial charge in [-0.05, 0) is 61.3 Å². The summed E-state index contributed by atoms with van der Waals surface area (Å²) in [7, 11) is -3.85. The van der Waals surface area contributed by atoms with E-state index in [1.54, 1.807) is 36.4 Å². The predicted molar refractivity (Wildman–Crippen MR) is 123 cm³/mol. The minimum Gasteiger partial charge on any atom is -0.412 e. The maximum atomic E-state index is 13.5. The van der Waals surface area contributed by atoms with Crippen LogP contribution < -0.4 is 20.5 Å². The van der Waals surface area contributed by atoms with Gasteiger partial charge in [0.25, 0.3) is 0 Å². The fourth-order valence-electron chi connectivity index (χ4n) is 3.72. The Bertz CT molecular complexity index is 879. The van der Waals surface area contributed by atoms with Gasteiger partial charge in [0.1, 0.15) is 5.75 Å². The Morgan fingerprint density at radius 1 is 0.935 bits per heavy atom. The molecule has 2 aromatic carbocycles. The highest BCUT2D eigenvalue weighted by atomic mass is 31.2. The van der Waals surface area contributed by atoms with E-state index in [0.29, 0.717) is 17.4 Å². The van der Waals surface area contributed by atoms with Gasteiger partial charge in [0.2, 0.25) is 0 Å². The molecular formula is C23H32N3O4P. The number of urea groups is 1. The molecule has 1 saturated carbocycles. The Hall–Kier alpha value is -2.34. The minimum absolute atomic E-state index is 0.209. The summed E-state index contributed by atoms with van der Waals surface area (Å²) >= 11 is 0. The summed E-state index contributed by atoms with van der Waals surface area (Å²) in [4.78, 5) is 12.2. The van der Waals surface area contributed by atoms with E-state index in [1.165, 1.54) is 0 Å². The van der Waals surface area contributed by atoms with Crippen molar-refractivity contribution in [2.75, 3.05) is 5.32 Å². The predicted octanol–water partition coefficient (Wildman–Crippen LogP) is 6.12. The van der Waals surface area contributed by atoms with Crippen molar-refractivity contribution in [3.63, 3.8) is 0 Å². The average molecular weight is 446 g/mol. The van der Waals surface area contributed by atoms with E-state index in [0.717, 1.165) is 25.7 Å². The van der Waals surface area contributed by atoms with E-state index in [-0.39, 0.29) is 11.5 Å². The highest BCUT2D eigenvalue weighted by molar-refractivity contribution is 7.52. The highest BCUT2D eigenvalue weighted by Crippen LogP contribution is 2.48. The molecule has 1 aliphatic rings. The minimum atomic E-state index is -3.85. The van der Waals surface area contributed by atoms with Crippen LogP contribution in [0.5, 0.6) is 5.75 Å². The molecule has 3 N–H and O–H groups in total. The van der Waals surface area contributed by atoms with Crippen LogP contribution in [-0.4, -0.2) is 12.1 Å². The maximum Gasteiger partial charge on any atom is 0.476 e. The van der Waals surface area contributed by atoms with Gasteiger partial charge in [0.15, 0.2) is 0 Å². The lowest BCUT2D eigenvalue weighted by molar-refractivity contribution is 0.0783. The molecule has 31 heavy (non-hydrogen) atoms. The van der Waals surface area contributed by atoms with Gasteiger partial charge in [0.05, 0.1) is 6.10 Å². The zero-order valence-electron chi connectivity index (χ0n) is 18.3. The number of hydrogen-bond donors (Lipinski definition) is 3. The molecule has 0 heterocycles. The van der Waals surface area contributed by atoms with Gasteiger partial charge in [-0.1, -0.05) is 57.2 Å². The number of carbonyl (C=O) groups excluding carboxylic acids is 1. The monoisotopic (exact) mass is 445 g/mol. The number of anilines is 1. The molecule has 0 aromatic heterocycles. The second-order valence-corrected chi connectivity index (χ2v) is 10.5. The first kappa shape index (κ1) is 23.3. The van der Waals surface area contributed by atoms with Crippen LogP contribution in [0.1, 0.15) is 46.5 Å². The lowest BCUT2D eigenvalue weighted by Crippen LogP contribution is -2.40. The summed E-state index contributed by atoms with van der Waals surface area (Å²) in [6.07, 6.45) is 3.38. The van der Waals surface area contributed by atoms with Crippen LogP contribution in [0.2, 0.25) is 0 Å². The Kier molecular flexibility index (Phi) is 7.76. The van der Waals surface area contributed by atoms with Gasteiger partial charge in [-0.3, -0.25) is 9.95 Å². The summed E-state index contributed by atoms with van der Waals surface area (Å²) in [5.74, 6) is 0.997. The van der Waals surface area contributed by atoms with Crippen LogP contribution in [0.4, 0.5) is 10.5 Å². The van der Waals surface area contributed by atoms with Crippen molar-refractivity contribution in [3.05, 3.63) is 60.7 Å². The van der Waals surface area contributed by atoms with E-state index >= 15 is 0 Å². The molecule has 0 spiro atoms. The van der Waals surface area contributed by atoms with Gasteiger partial charge < -0.3 is 9.84 Å². The number of hydrogen-bond acceptors (Lipinski definition) is 4. The Morgan fingerprint density at radius 3 is 2.10 bits per heavy atom. The van der Waals surface area contributed by atoms with Crippen molar-refractivity contribution in [1.29, 1.82) is 0 Å². The van der Waals surface area contributed by atoms with E-state index in [1.807, 2.05) is 24.3 Å². The number of carbonyl (C=O) groups is 1. The summed E-state index contributed by atoms with van der Waals surface area (Å²) in [6, 6.07) is 17.2. The largest absolute Gasteiger partial charge is 0.476 e. The van der Waals surface area contributed by atoms with Crippen molar-refractivity contribution in [2.24, 2.45) is 11.3 Å². The van der Waals surface area contributed by atoms with Crippen molar-refractivity contribution in [2.45, 2.75) is 52.6 Å². The van der Waals surface area contributed by atoms with E-state index in [4.69, 9.17) is 9.05 Å². The fourth-order valence-corrected chi connectivity index (χ4v) is 5.11. The van der Waals surface area contributed by atoms with Crippen LogP contribution in [0.15, 0.2) is 60.7 Å². The number of para-hydroxylation sites is 2. The Balaban J connectivity index is 1.62. The molecule has 8 heteroatoms. The van der Waals surface area contributed by atoms with E-state index in [2.05, 4.69) is 36.7 Å². The summed E-state index contributed by atoms with van der Waals surface area (Å²) in [5, 5.41) is 5.16. The van der Waals surface area contributed by atoms with E-state index in [9.17, 15) is 9.36 Å². The van der Waals surface area contributed by atoms with Crippen LogP contribution >= 0.6 is 7.75 Å². The normalized spacial score (nSPS) is 21.0. The Labute approximate surface area is 184 Å². The van der Waals surface area contributed by atoms with Crippen molar-refractivity contribution >= 4 is 19.5 Å². The number of hydrazine groups is 1. The third-order valence-electron chi connectivity index (χ3n) is 5.49. The average Bonchev–Trinajstić information content (AvgIpc) is 2.73. The van der Waals surface area contributed by atoms with Gasteiger partial charge in [0, 0.05) is 5.69 Å². The third-order valence-corrected chi connectivity index (χ3v) is 6.91. The van der Waals surface area contributed by atoms with Gasteiger partial charge in [-0.15, -0.1) is 5.20 Å². The molecule has 0 bridgehead atoms. The molecule has 0 saturated heterocycles. The zero-order valence-corrected chi connectivity index (χ0v) is 19.2. The first-order chi connectivity index (χ1) is 14.7. The van der Waals surface area contributed by atoms with Crippen molar-refractivity contribution in [3.8, 4) is 5.75 Å². The van der Waals surface area contributed by atoms with Crippen LogP contribution in [0.25, 0.3) is 0 Å². The molecule has 1 fully saturated rings. The third kappa shape index (κ3) is 7.39. The number of nitrogens with one attached hydrogen (secondary N) is 3. The molecule has 2 amide bonds. The summed E-state index contributed by atoms with van der Waals surface area (Å²) in [5.41, 5.74) is 3.26. The fraction of sp³-hybridized carbons (Fsp3) is 0.435. The van der Waals surface area contributed by atoms with Crippen LogP contribution in [0, 0.1) is 11.3 Å². The maximum absolute atomic E-state index is 13.5. The zero-order chi connectivity index (χ0) is 22.3. The Morgan fingerprint density at radius 2 is 1.52 bits per heavy atom. The standard InChI is InChI=1S/C23H32N3O4P/c1-23(2,3)18-14-16-21(17-15-18)30-31(28,29-20-12-8-5-9-13-20)26-25-22(27)24-19-10-6-4-7-11-19/h4-13,18,21H,14-17H2,1-3H3,(H,26,28)(H2,24,25,27). The van der Waals surface area contributed by atoms with Gasteiger partial charge in [-0.25, -0.2) is 9.36 Å². The SMILES string of the molecule is CC(C)(C)C1CCC(OP(=O)(NNC(=O)Nc2ccccc2)Oc2ccccc2)CC1. The smallest absolute Gasteiger partial charge is 0.412 e. The number of rotatable bonds is 7. The van der Waals surface area contributed by atoms with Crippen LogP contribution in [0.3, 0.4) is 0 Å². The summed E-state index contributed by atoms with van der Waals surface area (Å²) in [6.45, 7) is 6.75. The molecule has 3 rings (SSSR count). The highest BCUT2D eigenvalue weighted by Gasteiger charge is 2.36. The lowest BCUT2D eigenvalue weighted by Gasteiger charge is -2.37. The van der Waals surface area contributed by atoms with Gasteiger partial charge >= 0.3 is 13.8 Å². The first-order valence-corrected chi connectivity index (χ1v) is 12.2. The second kappa shape index (κ2) is 10.3. The quantitative estimate of drug-likeness (QED) is 0.353. The molecule has 0 aliphatic heterocycles. The van der Waals surface area contributed by atoms with E-state index < -0.39 is 13.8 Å². The molecule has 2 aromatic rings. The second-order valence-electron chi connectivity index (χ2n) is 8.90. The van der Waals surface area contributed by atoms with Crippen molar-refractivity contribution < 1.29 is 18.4 Å². The van der Waals surface area contributed by atoms with Gasteiger partial charge in [-0.2, -0.15) is 0 Å². The molecule has 1 unspecified atom stereocenters. The lowest BCUT2D eigenvalue weighted by atomic mass is 9.72. The molecule has 7 nitrogen and oxygen atoms in total. The van der Waals surface area contributed by atoms with Crippen molar-refractivity contribution in [1.82, 2.24) is 10.6 Å². The molecule has 0 radical (unpaired) electrons. The molecule has 168 valence electrons. The molecule has 1 atom stereocenters. The number of amides is 2. The topological polar surface area (TPSA) is 88.7 Å². The molecular weight excluding hydrogens is 413 g/mol.